The zero-order valence-electron chi connectivity index (χ0n) is 12.3. The second kappa shape index (κ2) is 5.55. The maximum atomic E-state index is 11.7. The van der Waals surface area contributed by atoms with Crippen LogP contribution in [0.1, 0.15) is 39.5 Å². The van der Waals surface area contributed by atoms with Crippen molar-refractivity contribution in [2.24, 2.45) is 11.3 Å². The fraction of sp³-hybridized carbons (Fsp3) is 1.00. The zero-order valence-corrected chi connectivity index (χ0v) is 13.2. The summed E-state index contributed by atoms with van der Waals surface area (Å²) >= 11 is 0. The van der Waals surface area contributed by atoms with E-state index in [1.165, 1.54) is 0 Å². The van der Waals surface area contributed by atoms with Crippen LogP contribution in [0, 0.1) is 11.3 Å². The zero-order chi connectivity index (χ0) is 15.0. The molecule has 2 heterocycles. The van der Waals surface area contributed by atoms with Crippen LogP contribution in [0.4, 0.5) is 0 Å². The maximum Gasteiger partial charge on any atom is 0.150 e. The Hall–Kier alpha value is -0.170. The topological polar surface area (TPSA) is 83.8 Å². The van der Waals surface area contributed by atoms with Crippen LogP contribution in [0.5, 0.6) is 0 Å². The predicted octanol–water partition coefficient (Wildman–Crippen LogP) is 0.740. The largest absolute Gasteiger partial charge is 0.396 e. The second-order valence-electron chi connectivity index (χ2n) is 7.02. The minimum atomic E-state index is -3.02. The molecule has 2 atom stereocenters. The fourth-order valence-electron chi connectivity index (χ4n) is 3.56. The first-order valence-corrected chi connectivity index (χ1v) is 9.14. The van der Waals surface area contributed by atoms with E-state index in [9.17, 15) is 18.6 Å². The molecule has 0 aromatic heterocycles. The average Bonchev–Trinajstić information content (AvgIpc) is 2.89. The smallest absolute Gasteiger partial charge is 0.150 e. The number of ether oxygens (including phenoxy) is 1. The summed E-state index contributed by atoms with van der Waals surface area (Å²) in [5.74, 6) is 0.0653. The Labute approximate surface area is 121 Å². The maximum absolute atomic E-state index is 11.7. The Balaban J connectivity index is 2.10. The second-order valence-corrected chi connectivity index (χ2v) is 9.25. The molecule has 0 amide bonds. The summed E-state index contributed by atoms with van der Waals surface area (Å²) in [4.78, 5) is 0. The van der Waals surface area contributed by atoms with Crippen LogP contribution in [0.3, 0.4) is 0 Å². The molecule has 20 heavy (non-hydrogen) atoms. The van der Waals surface area contributed by atoms with Crippen molar-refractivity contribution in [2.75, 3.05) is 24.7 Å². The van der Waals surface area contributed by atoms with Crippen molar-refractivity contribution < 1.29 is 23.4 Å². The standard InChI is InChI=1S/C14H26O5S/c1-13(2)5-3-12(19-13)7-14(9-15,10-16)11-4-6-20(17,18)8-11/h11-12,15-16H,3-10H2,1-2H3. The van der Waals surface area contributed by atoms with E-state index in [0.29, 0.717) is 12.8 Å². The molecule has 2 aliphatic heterocycles. The minimum Gasteiger partial charge on any atom is -0.396 e. The summed E-state index contributed by atoms with van der Waals surface area (Å²) in [6.45, 7) is 3.69. The Morgan fingerprint density at radius 1 is 1.25 bits per heavy atom. The van der Waals surface area contributed by atoms with E-state index >= 15 is 0 Å². The molecule has 2 N–H and O–H groups in total. The Kier molecular flexibility index (Phi) is 4.50. The minimum absolute atomic E-state index is 0.00685. The van der Waals surface area contributed by atoms with Gasteiger partial charge in [-0.3, -0.25) is 0 Å². The molecule has 2 saturated heterocycles. The van der Waals surface area contributed by atoms with Gasteiger partial charge in [0.15, 0.2) is 9.84 Å². The molecule has 2 fully saturated rings. The lowest BCUT2D eigenvalue weighted by Crippen LogP contribution is -2.42. The Bertz CT molecular complexity index is 438. The Morgan fingerprint density at radius 2 is 1.90 bits per heavy atom. The molecule has 2 unspecified atom stereocenters. The summed E-state index contributed by atoms with van der Waals surface area (Å²) in [5.41, 5.74) is -0.905. The fourth-order valence-corrected chi connectivity index (χ4v) is 5.50. The first-order valence-electron chi connectivity index (χ1n) is 7.32. The first kappa shape index (κ1) is 16.2. The van der Waals surface area contributed by atoms with Crippen molar-refractivity contribution >= 4 is 9.84 Å². The van der Waals surface area contributed by atoms with Crippen LogP contribution in [0.2, 0.25) is 0 Å². The van der Waals surface area contributed by atoms with Gasteiger partial charge in [-0.2, -0.15) is 0 Å². The van der Waals surface area contributed by atoms with Crippen LogP contribution in [0.25, 0.3) is 0 Å². The SMILES string of the molecule is CC1(C)CCC(CC(CO)(CO)C2CCS(=O)(=O)C2)O1. The van der Waals surface area contributed by atoms with Gasteiger partial charge < -0.3 is 14.9 Å². The highest BCUT2D eigenvalue weighted by atomic mass is 32.2. The number of hydrogen-bond donors (Lipinski definition) is 2. The lowest BCUT2D eigenvalue weighted by atomic mass is 9.72. The van der Waals surface area contributed by atoms with E-state index in [0.717, 1.165) is 12.8 Å². The quantitative estimate of drug-likeness (QED) is 0.783. The molecule has 0 saturated carbocycles. The van der Waals surface area contributed by atoms with Gasteiger partial charge in [0.1, 0.15) is 0 Å². The van der Waals surface area contributed by atoms with Gasteiger partial charge in [0.25, 0.3) is 0 Å². The normalized spacial score (nSPS) is 32.6. The van der Waals surface area contributed by atoms with E-state index in [-0.39, 0.29) is 42.3 Å². The van der Waals surface area contributed by atoms with Gasteiger partial charge in [-0.05, 0) is 45.4 Å². The number of aliphatic hydroxyl groups is 2. The number of hydrogen-bond acceptors (Lipinski definition) is 5. The molecule has 118 valence electrons. The first-order chi connectivity index (χ1) is 9.22. The Morgan fingerprint density at radius 3 is 2.30 bits per heavy atom. The number of aliphatic hydroxyl groups excluding tert-OH is 2. The van der Waals surface area contributed by atoms with Crippen LogP contribution in [-0.2, 0) is 14.6 Å². The molecule has 2 aliphatic rings. The van der Waals surface area contributed by atoms with Crippen molar-refractivity contribution in [3.8, 4) is 0 Å². The summed E-state index contributed by atoms with van der Waals surface area (Å²) in [7, 11) is -3.02. The van der Waals surface area contributed by atoms with Gasteiger partial charge in [-0.1, -0.05) is 0 Å². The number of sulfone groups is 1. The van der Waals surface area contributed by atoms with E-state index in [1.54, 1.807) is 0 Å². The third-order valence-electron chi connectivity index (χ3n) is 4.92. The van der Waals surface area contributed by atoms with Crippen molar-refractivity contribution in [2.45, 2.75) is 51.2 Å². The van der Waals surface area contributed by atoms with E-state index < -0.39 is 15.3 Å². The molecular formula is C14H26O5S. The number of rotatable bonds is 5. The molecule has 0 spiro atoms. The van der Waals surface area contributed by atoms with Crippen molar-refractivity contribution in [1.82, 2.24) is 0 Å². The molecule has 2 rings (SSSR count). The lowest BCUT2D eigenvalue weighted by molar-refractivity contribution is -0.0709. The summed E-state index contributed by atoms with van der Waals surface area (Å²) in [6.07, 6.45) is 2.90. The van der Waals surface area contributed by atoms with Crippen LogP contribution < -0.4 is 0 Å². The van der Waals surface area contributed by atoms with Crippen LogP contribution in [0.15, 0.2) is 0 Å². The van der Waals surface area contributed by atoms with Crippen molar-refractivity contribution in [3.63, 3.8) is 0 Å². The lowest BCUT2D eigenvalue weighted by Gasteiger charge is -2.37. The van der Waals surface area contributed by atoms with Crippen LogP contribution in [-0.4, -0.2) is 55.1 Å². The van der Waals surface area contributed by atoms with E-state index in [2.05, 4.69) is 0 Å². The molecule has 0 aromatic carbocycles. The van der Waals surface area contributed by atoms with Crippen LogP contribution >= 0.6 is 0 Å². The highest BCUT2D eigenvalue weighted by molar-refractivity contribution is 7.91. The van der Waals surface area contributed by atoms with Gasteiger partial charge in [0.2, 0.25) is 0 Å². The van der Waals surface area contributed by atoms with Gasteiger partial charge in [0.05, 0.1) is 36.4 Å². The van der Waals surface area contributed by atoms with Gasteiger partial charge in [-0.25, -0.2) is 8.42 Å². The third-order valence-corrected chi connectivity index (χ3v) is 6.68. The third kappa shape index (κ3) is 3.35. The van der Waals surface area contributed by atoms with Gasteiger partial charge >= 0.3 is 0 Å². The monoisotopic (exact) mass is 306 g/mol. The summed E-state index contributed by atoms with van der Waals surface area (Å²) in [5, 5.41) is 19.6. The molecule has 6 heteroatoms. The summed E-state index contributed by atoms with van der Waals surface area (Å²) < 4.78 is 29.3. The highest BCUT2D eigenvalue weighted by Crippen LogP contribution is 2.43. The van der Waals surface area contributed by atoms with Gasteiger partial charge in [0, 0.05) is 5.41 Å². The molecule has 0 radical (unpaired) electrons. The van der Waals surface area contributed by atoms with Crippen molar-refractivity contribution in [1.29, 1.82) is 0 Å². The molecule has 0 bridgehead atoms. The average molecular weight is 306 g/mol. The van der Waals surface area contributed by atoms with Crippen molar-refractivity contribution in [3.05, 3.63) is 0 Å². The van der Waals surface area contributed by atoms with E-state index in [4.69, 9.17) is 4.74 Å². The van der Waals surface area contributed by atoms with E-state index in [1.807, 2.05) is 13.8 Å². The molecule has 5 nitrogen and oxygen atoms in total. The molecule has 0 aliphatic carbocycles. The molecule has 0 aromatic rings. The van der Waals surface area contributed by atoms with Gasteiger partial charge in [-0.15, -0.1) is 0 Å². The predicted molar refractivity (Wildman–Crippen MR) is 76.2 cm³/mol. The molecular weight excluding hydrogens is 280 g/mol. The summed E-state index contributed by atoms with van der Waals surface area (Å²) in [6, 6.07) is 0. The highest BCUT2D eigenvalue weighted by Gasteiger charge is 2.47.